The summed E-state index contributed by atoms with van der Waals surface area (Å²) in [6.07, 6.45) is 3.19. The number of nitrogens with one attached hydrogen (secondary N) is 4. The van der Waals surface area contributed by atoms with E-state index in [1.807, 2.05) is 26.0 Å². The molecule has 180 valence electrons. The van der Waals surface area contributed by atoms with Crippen LogP contribution >= 0.6 is 0 Å². The quantitative estimate of drug-likeness (QED) is 0.281. The van der Waals surface area contributed by atoms with Gasteiger partial charge in [0.1, 0.15) is 5.82 Å². The first-order valence-corrected chi connectivity index (χ1v) is 11.8. The number of carbonyl (C=O) groups excluding carboxylic acids is 1. The first-order chi connectivity index (χ1) is 15.6. The summed E-state index contributed by atoms with van der Waals surface area (Å²) in [4.78, 5) is 12.3. The third-order valence-electron chi connectivity index (χ3n) is 6.10. The van der Waals surface area contributed by atoms with Crippen molar-refractivity contribution in [2.75, 3.05) is 11.9 Å². The predicted octanol–water partition coefficient (Wildman–Crippen LogP) is 6.82. The zero-order valence-corrected chi connectivity index (χ0v) is 20.8. The van der Waals surface area contributed by atoms with Gasteiger partial charge in [-0.25, -0.2) is 9.18 Å². The van der Waals surface area contributed by atoms with Crippen molar-refractivity contribution in [1.82, 2.24) is 10.6 Å². The molecule has 5 nitrogen and oxygen atoms in total. The molecule has 1 unspecified atom stereocenters. The number of anilines is 2. The molecule has 33 heavy (non-hydrogen) atoms. The van der Waals surface area contributed by atoms with Crippen LogP contribution in [0.3, 0.4) is 0 Å². The van der Waals surface area contributed by atoms with E-state index in [4.69, 9.17) is 5.41 Å². The zero-order chi connectivity index (χ0) is 24.6. The standard InChI is InChI=1S/C27H39FN4O/c1-7-19(4)31-26(33)30-17-27(5,6)24(14-18(2)3)20-8-13-25(21(15-20)16-29)32-23-11-9-22(28)10-12-23/h8-13,15-16,18-19,24,29,32H,7,14,17H2,1-6H3,(H2,30,31,33)/t19-,24?/m0/s1. The van der Waals surface area contributed by atoms with Crippen LogP contribution in [0.15, 0.2) is 42.5 Å². The van der Waals surface area contributed by atoms with Gasteiger partial charge in [0.15, 0.2) is 0 Å². The van der Waals surface area contributed by atoms with Gasteiger partial charge in [0.05, 0.1) is 0 Å². The zero-order valence-electron chi connectivity index (χ0n) is 20.8. The number of halogens is 1. The summed E-state index contributed by atoms with van der Waals surface area (Å²) in [5.41, 5.74) is 3.28. The number of hydrogen-bond donors (Lipinski definition) is 4. The number of urea groups is 1. The van der Waals surface area contributed by atoms with Crippen molar-refractivity contribution in [2.24, 2.45) is 11.3 Å². The highest BCUT2D eigenvalue weighted by Crippen LogP contribution is 2.41. The molecule has 0 heterocycles. The number of hydrogen-bond acceptors (Lipinski definition) is 3. The van der Waals surface area contributed by atoms with Gasteiger partial charge in [0.2, 0.25) is 0 Å². The number of benzene rings is 2. The van der Waals surface area contributed by atoms with E-state index < -0.39 is 0 Å². The van der Waals surface area contributed by atoms with E-state index in [0.29, 0.717) is 12.5 Å². The number of carbonyl (C=O) groups is 1. The summed E-state index contributed by atoms with van der Waals surface area (Å²) in [6, 6.07) is 12.3. The van der Waals surface area contributed by atoms with Gasteiger partial charge < -0.3 is 21.4 Å². The first-order valence-electron chi connectivity index (χ1n) is 11.8. The van der Waals surface area contributed by atoms with Gasteiger partial charge in [-0.2, -0.15) is 0 Å². The monoisotopic (exact) mass is 454 g/mol. The lowest BCUT2D eigenvalue weighted by atomic mass is 9.71. The highest BCUT2D eigenvalue weighted by molar-refractivity contribution is 5.87. The largest absolute Gasteiger partial charge is 0.355 e. The molecule has 0 aliphatic heterocycles. The van der Waals surface area contributed by atoms with Crippen LogP contribution < -0.4 is 16.0 Å². The average molecular weight is 455 g/mol. The minimum absolute atomic E-state index is 0.135. The molecule has 0 radical (unpaired) electrons. The van der Waals surface area contributed by atoms with Crippen LogP contribution in [0.25, 0.3) is 0 Å². The van der Waals surface area contributed by atoms with E-state index in [-0.39, 0.29) is 29.2 Å². The summed E-state index contributed by atoms with van der Waals surface area (Å²) in [6.45, 7) is 13.3. The van der Waals surface area contributed by atoms with Crippen molar-refractivity contribution in [1.29, 1.82) is 5.41 Å². The van der Waals surface area contributed by atoms with Crippen LogP contribution in [0.5, 0.6) is 0 Å². The van der Waals surface area contributed by atoms with Crippen molar-refractivity contribution in [3.63, 3.8) is 0 Å². The topological polar surface area (TPSA) is 77.0 Å². The minimum atomic E-state index is -0.284. The fourth-order valence-corrected chi connectivity index (χ4v) is 3.91. The van der Waals surface area contributed by atoms with E-state index in [2.05, 4.69) is 49.7 Å². The molecule has 0 saturated carbocycles. The Kier molecular flexibility index (Phi) is 9.44. The Morgan fingerprint density at radius 2 is 1.79 bits per heavy atom. The van der Waals surface area contributed by atoms with Crippen LogP contribution in [0.1, 0.15) is 71.4 Å². The first kappa shape index (κ1) is 26.4. The molecule has 2 atom stereocenters. The van der Waals surface area contributed by atoms with E-state index >= 15 is 0 Å². The normalized spacial score (nSPS) is 13.3. The summed E-state index contributed by atoms with van der Waals surface area (Å²) in [7, 11) is 0. The Morgan fingerprint density at radius 3 is 2.36 bits per heavy atom. The maximum Gasteiger partial charge on any atom is 0.315 e. The Bertz CT molecular complexity index is 924. The molecule has 4 N–H and O–H groups in total. The molecule has 0 fully saturated rings. The summed E-state index contributed by atoms with van der Waals surface area (Å²) in [5, 5.41) is 17.2. The Morgan fingerprint density at radius 1 is 1.12 bits per heavy atom. The van der Waals surface area contributed by atoms with Crippen molar-refractivity contribution >= 4 is 23.6 Å². The maximum absolute atomic E-state index is 13.2. The highest BCUT2D eigenvalue weighted by Gasteiger charge is 2.32. The smallest absolute Gasteiger partial charge is 0.315 e. The van der Waals surface area contributed by atoms with Crippen molar-refractivity contribution in [3.8, 4) is 0 Å². The van der Waals surface area contributed by atoms with E-state index in [9.17, 15) is 9.18 Å². The molecule has 0 bridgehead atoms. The SMILES string of the molecule is CC[C@H](C)NC(=O)NCC(C)(C)C(CC(C)C)c1ccc(Nc2ccc(F)cc2)c(C=N)c1. The third kappa shape index (κ3) is 7.88. The van der Waals surface area contributed by atoms with Crippen LogP contribution in [0.2, 0.25) is 0 Å². The van der Waals surface area contributed by atoms with Crippen LogP contribution in [0, 0.1) is 22.6 Å². The van der Waals surface area contributed by atoms with Gasteiger partial charge in [-0.3, -0.25) is 0 Å². The third-order valence-corrected chi connectivity index (χ3v) is 6.10. The van der Waals surface area contributed by atoms with Gasteiger partial charge in [-0.1, -0.05) is 40.7 Å². The second-order valence-corrected chi connectivity index (χ2v) is 9.93. The Labute approximate surface area is 198 Å². The van der Waals surface area contributed by atoms with Gasteiger partial charge in [-0.15, -0.1) is 0 Å². The average Bonchev–Trinajstić information content (AvgIpc) is 2.77. The van der Waals surface area contributed by atoms with Gasteiger partial charge in [-0.05, 0) is 79.0 Å². The van der Waals surface area contributed by atoms with Crippen molar-refractivity contribution in [3.05, 3.63) is 59.4 Å². The molecule has 6 heteroatoms. The van der Waals surface area contributed by atoms with Crippen LogP contribution in [-0.2, 0) is 0 Å². The van der Waals surface area contributed by atoms with E-state index in [1.165, 1.54) is 18.3 Å². The number of amides is 2. The summed E-state index contributed by atoms with van der Waals surface area (Å²) in [5.74, 6) is 0.386. The number of rotatable bonds is 11. The second-order valence-electron chi connectivity index (χ2n) is 9.93. The molecule has 2 rings (SSSR count). The molecule has 2 aromatic rings. The lowest BCUT2D eigenvalue weighted by Gasteiger charge is -2.36. The Balaban J connectivity index is 2.25. The fourth-order valence-electron chi connectivity index (χ4n) is 3.91. The molecular weight excluding hydrogens is 415 g/mol. The Hall–Kier alpha value is -2.89. The lowest BCUT2D eigenvalue weighted by molar-refractivity contribution is 0.215. The maximum atomic E-state index is 13.2. The second kappa shape index (κ2) is 11.8. The van der Waals surface area contributed by atoms with E-state index in [0.717, 1.165) is 35.3 Å². The van der Waals surface area contributed by atoms with Gasteiger partial charge in [0.25, 0.3) is 0 Å². The minimum Gasteiger partial charge on any atom is -0.355 e. The van der Waals surface area contributed by atoms with Crippen LogP contribution in [-0.4, -0.2) is 24.8 Å². The van der Waals surface area contributed by atoms with Gasteiger partial charge >= 0.3 is 6.03 Å². The van der Waals surface area contributed by atoms with E-state index in [1.54, 1.807) is 12.1 Å². The molecule has 0 aliphatic carbocycles. The summed E-state index contributed by atoms with van der Waals surface area (Å²) < 4.78 is 13.2. The molecular formula is C27H39FN4O. The van der Waals surface area contributed by atoms with Gasteiger partial charge in [0, 0.05) is 35.7 Å². The molecule has 2 amide bonds. The fraction of sp³-hybridized carbons (Fsp3) is 0.481. The lowest BCUT2D eigenvalue weighted by Crippen LogP contribution is -2.45. The van der Waals surface area contributed by atoms with Crippen molar-refractivity contribution in [2.45, 2.75) is 66.3 Å². The van der Waals surface area contributed by atoms with Crippen molar-refractivity contribution < 1.29 is 9.18 Å². The molecule has 0 aliphatic rings. The molecule has 0 spiro atoms. The highest BCUT2D eigenvalue weighted by atomic mass is 19.1. The molecule has 0 aromatic heterocycles. The molecule has 0 saturated heterocycles. The predicted molar refractivity (Wildman–Crippen MR) is 136 cm³/mol. The molecule has 2 aromatic carbocycles. The van der Waals surface area contributed by atoms with Crippen LogP contribution in [0.4, 0.5) is 20.6 Å². The summed E-state index contributed by atoms with van der Waals surface area (Å²) >= 11 is 0.